The van der Waals surface area contributed by atoms with Crippen LogP contribution in [0.2, 0.25) is 5.02 Å². The third-order valence-electron chi connectivity index (χ3n) is 2.90. The Morgan fingerprint density at radius 2 is 2.06 bits per heavy atom. The van der Waals surface area contributed by atoms with Gasteiger partial charge in [-0.05, 0) is 19.8 Å². The normalized spacial score (nSPS) is 15.1. The standard InChI is InChI=1S/C12H22ClN3/c1-5-7-12(3,14)8-10-11(13)9(6-2)15-16(10)4/h5-8,14H2,1-4H3. The first-order chi connectivity index (χ1) is 7.41. The van der Waals surface area contributed by atoms with Crippen molar-refractivity contribution in [3.8, 4) is 0 Å². The van der Waals surface area contributed by atoms with Gasteiger partial charge in [0, 0.05) is 19.0 Å². The summed E-state index contributed by atoms with van der Waals surface area (Å²) in [6.07, 6.45) is 3.73. The maximum Gasteiger partial charge on any atom is 0.0850 e. The van der Waals surface area contributed by atoms with Crippen LogP contribution in [0.5, 0.6) is 0 Å². The summed E-state index contributed by atoms with van der Waals surface area (Å²) in [5.41, 5.74) is 8.07. The minimum absolute atomic E-state index is 0.197. The molecule has 0 amide bonds. The molecule has 0 aliphatic carbocycles. The van der Waals surface area contributed by atoms with E-state index in [2.05, 4.69) is 25.9 Å². The smallest absolute Gasteiger partial charge is 0.0850 e. The summed E-state index contributed by atoms with van der Waals surface area (Å²) < 4.78 is 1.86. The molecule has 0 bridgehead atoms. The van der Waals surface area contributed by atoms with Crippen LogP contribution in [0.15, 0.2) is 0 Å². The van der Waals surface area contributed by atoms with E-state index in [4.69, 9.17) is 17.3 Å². The largest absolute Gasteiger partial charge is 0.325 e. The van der Waals surface area contributed by atoms with E-state index in [1.807, 2.05) is 11.7 Å². The van der Waals surface area contributed by atoms with Gasteiger partial charge < -0.3 is 5.73 Å². The zero-order chi connectivity index (χ0) is 12.3. The summed E-state index contributed by atoms with van der Waals surface area (Å²) in [5.74, 6) is 0. The van der Waals surface area contributed by atoms with E-state index in [1.54, 1.807) is 0 Å². The molecule has 1 heterocycles. The molecule has 0 saturated heterocycles. The fourth-order valence-electron chi connectivity index (χ4n) is 2.05. The van der Waals surface area contributed by atoms with E-state index < -0.39 is 0 Å². The molecule has 3 nitrogen and oxygen atoms in total. The van der Waals surface area contributed by atoms with E-state index in [0.29, 0.717) is 0 Å². The predicted octanol–water partition coefficient (Wildman–Crippen LogP) is 2.70. The van der Waals surface area contributed by atoms with Gasteiger partial charge in [-0.1, -0.05) is 31.9 Å². The molecule has 16 heavy (non-hydrogen) atoms. The van der Waals surface area contributed by atoms with E-state index in [1.165, 1.54) is 0 Å². The summed E-state index contributed by atoms with van der Waals surface area (Å²) in [6.45, 7) is 6.28. The van der Waals surface area contributed by atoms with Crippen molar-refractivity contribution in [2.45, 2.75) is 52.0 Å². The molecule has 0 aliphatic rings. The first kappa shape index (κ1) is 13.5. The van der Waals surface area contributed by atoms with Gasteiger partial charge in [-0.25, -0.2) is 0 Å². The van der Waals surface area contributed by atoms with Gasteiger partial charge in [-0.3, -0.25) is 4.68 Å². The average molecular weight is 244 g/mol. The van der Waals surface area contributed by atoms with Crippen LogP contribution in [0.25, 0.3) is 0 Å². The van der Waals surface area contributed by atoms with Crippen LogP contribution < -0.4 is 5.73 Å². The Labute approximate surface area is 103 Å². The van der Waals surface area contributed by atoms with Gasteiger partial charge in [0.15, 0.2) is 0 Å². The van der Waals surface area contributed by atoms with Gasteiger partial charge in [0.25, 0.3) is 0 Å². The van der Waals surface area contributed by atoms with Gasteiger partial charge >= 0.3 is 0 Å². The number of nitrogens with zero attached hydrogens (tertiary/aromatic N) is 2. The quantitative estimate of drug-likeness (QED) is 0.864. The molecule has 0 fully saturated rings. The fourth-order valence-corrected chi connectivity index (χ4v) is 2.41. The highest BCUT2D eigenvalue weighted by Gasteiger charge is 2.23. The lowest BCUT2D eigenvalue weighted by Gasteiger charge is -2.24. The molecule has 4 heteroatoms. The molecule has 0 saturated carbocycles. The van der Waals surface area contributed by atoms with Crippen molar-refractivity contribution < 1.29 is 0 Å². The number of nitrogens with two attached hydrogens (primary N) is 1. The third-order valence-corrected chi connectivity index (χ3v) is 3.33. The van der Waals surface area contributed by atoms with E-state index in [0.717, 1.165) is 42.1 Å². The van der Waals surface area contributed by atoms with E-state index in [9.17, 15) is 0 Å². The first-order valence-electron chi connectivity index (χ1n) is 5.90. The number of hydrogen-bond donors (Lipinski definition) is 1. The SMILES string of the molecule is CCCC(C)(N)Cc1c(Cl)c(CC)nn1C. The van der Waals surface area contributed by atoms with Crippen LogP contribution in [0.4, 0.5) is 0 Å². The van der Waals surface area contributed by atoms with Crippen LogP contribution in [0.3, 0.4) is 0 Å². The highest BCUT2D eigenvalue weighted by Crippen LogP contribution is 2.25. The molecule has 1 aromatic heterocycles. The van der Waals surface area contributed by atoms with Crippen molar-refractivity contribution in [1.29, 1.82) is 0 Å². The van der Waals surface area contributed by atoms with Crippen LogP contribution >= 0.6 is 11.6 Å². The Bertz CT molecular complexity index is 355. The Hall–Kier alpha value is -0.540. The second-order valence-electron chi connectivity index (χ2n) is 4.77. The molecular formula is C12H22ClN3. The molecule has 0 aromatic carbocycles. The predicted molar refractivity (Wildman–Crippen MR) is 68.8 cm³/mol. The number of halogens is 1. The molecule has 0 spiro atoms. The fraction of sp³-hybridized carbons (Fsp3) is 0.750. The summed E-state index contributed by atoms with van der Waals surface area (Å²) in [6, 6.07) is 0. The Morgan fingerprint density at radius 3 is 2.50 bits per heavy atom. The first-order valence-corrected chi connectivity index (χ1v) is 6.28. The summed E-state index contributed by atoms with van der Waals surface area (Å²) in [7, 11) is 1.93. The van der Waals surface area contributed by atoms with E-state index >= 15 is 0 Å². The van der Waals surface area contributed by atoms with Crippen molar-refractivity contribution >= 4 is 11.6 Å². The number of aromatic nitrogens is 2. The van der Waals surface area contributed by atoms with Crippen LogP contribution in [0.1, 0.15) is 45.0 Å². The summed E-state index contributed by atoms with van der Waals surface area (Å²) in [5, 5.41) is 5.19. The Morgan fingerprint density at radius 1 is 1.44 bits per heavy atom. The zero-order valence-corrected chi connectivity index (χ0v) is 11.4. The lowest BCUT2D eigenvalue weighted by molar-refractivity contribution is 0.413. The van der Waals surface area contributed by atoms with Crippen molar-refractivity contribution in [2.75, 3.05) is 0 Å². The van der Waals surface area contributed by atoms with E-state index in [-0.39, 0.29) is 5.54 Å². The molecule has 1 aromatic rings. The summed E-state index contributed by atoms with van der Waals surface area (Å²) >= 11 is 6.30. The zero-order valence-electron chi connectivity index (χ0n) is 10.7. The molecule has 2 N–H and O–H groups in total. The minimum Gasteiger partial charge on any atom is -0.325 e. The molecule has 1 atom stereocenters. The van der Waals surface area contributed by atoms with Crippen molar-refractivity contribution in [1.82, 2.24) is 9.78 Å². The number of hydrogen-bond acceptors (Lipinski definition) is 2. The third kappa shape index (κ3) is 2.98. The van der Waals surface area contributed by atoms with Gasteiger partial charge in [0.05, 0.1) is 16.4 Å². The molecule has 0 radical (unpaired) electrons. The lowest BCUT2D eigenvalue weighted by atomic mass is 9.92. The second-order valence-corrected chi connectivity index (χ2v) is 5.14. The van der Waals surface area contributed by atoms with Gasteiger partial charge in [-0.15, -0.1) is 0 Å². The van der Waals surface area contributed by atoms with Crippen molar-refractivity contribution in [3.63, 3.8) is 0 Å². The lowest BCUT2D eigenvalue weighted by Crippen LogP contribution is -2.39. The van der Waals surface area contributed by atoms with Crippen LogP contribution in [-0.2, 0) is 19.9 Å². The van der Waals surface area contributed by atoms with Gasteiger partial charge in [0.2, 0.25) is 0 Å². The van der Waals surface area contributed by atoms with Gasteiger partial charge in [0.1, 0.15) is 0 Å². The topological polar surface area (TPSA) is 43.8 Å². The van der Waals surface area contributed by atoms with Crippen molar-refractivity contribution in [2.24, 2.45) is 12.8 Å². The monoisotopic (exact) mass is 243 g/mol. The Kier molecular flexibility index (Phi) is 4.39. The molecule has 1 unspecified atom stereocenters. The Balaban J connectivity index is 2.92. The highest BCUT2D eigenvalue weighted by molar-refractivity contribution is 6.31. The number of rotatable bonds is 5. The molecule has 0 aliphatic heterocycles. The number of aryl methyl sites for hydroxylation is 2. The summed E-state index contributed by atoms with van der Waals surface area (Å²) in [4.78, 5) is 0. The maximum atomic E-state index is 6.30. The minimum atomic E-state index is -0.197. The molecule has 92 valence electrons. The molecular weight excluding hydrogens is 222 g/mol. The second kappa shape index (κ2) is 5.19. The average Bonchev–Trinajstić information content (AvgIpc) is 2.45. The van der Waals surface area contributed by atoms with Crippen LogP contribution in [-0.4, -0.2) is 15.3 Å². The van der Waals surface area contributed by atoms with Crippen LogP contribution in [0, 0.1) is 0 Å². The molecule has 1 rings (SSSR count). The highest BCUT2D eigenvalue weighted by atomic mass is 35.5. The maximum absolute atomic E-state index is 6.30. The van der Waals surface area contributed by atoms with Gasteiger partial charge in [-0.2, -0.15) is 5.10 Å². The van der Waals surface area contributed by atoms with Crippen molar-refractivity contribution in [3.05, 3.63) is 16.4 Å².